The molecule has 146 valence electrons. The SMILES string of the molecule is CCN(CC)C(=O)c1ccc(S(=O)(=O)N(C)CCOc2ccccc2)cc1. The standard InChI is InChI=1S/C20H26N2O4S/c1-4-22(5-2)20(23)17-11-13-19(14-12-17)27(24,25)21(3)15-16-26-18-9-7-6-8-10-18/h6-14H,4-5,15-16H2,1-3H3. The number of benzene rings is 2. The zero-order valence-electron chi connectivity index (χ0n) is 16.0. The average molecular weight is 391 g/mol. The molecule has 0 heterocycles. The minimum atomic E-state index is -3.64. The second-order valence-corrected chi connectivity index (χ2v) is 8.03. The van der Waals surface area contributed by atoms with Gasteiger partial charge in [-0.3, -0.25) is 4.79 Å². The number of amides is 1. The quantitative estimate of drug-likeness (QED) is 0.660. The lowest BCUT2D eigenvalue weighted by Gasteiger charge is -2.20. The molecule has 2 rings (SSSR count). The molecule has 0 fully saturated rings. The van der Waals surface area contributed by atoms with Gasteiger partial charge in [0.15, 0.2) is 0 Å². The zero-order valence-corrected chi connectivity index (χ0v) is 16.8. The van der Waals surface area contributed by atoms with Crippen molar-refractivity contribution in [2.45, 2.75) is 18.7 Å². The zero-order chi connectivity index (χ0) is 19.9. The first kappa shape index (κ1) is 20.9. The molecule has 7 heteroatoms. The van der Waals surface area contributed by atoms with Crippen LogP contribution in [0.25, 0.3) is 0 Å². The van der Waals surface area contributed by atoms with Crippen molar-refractivity contribution in [3.63, 3.8) is 0 Å². The fourth-order valence-electron chi connectivity index (χ4n) is 2.57. The molecule has 27 heavy (non-hydrogen) atoms. The number of para-hydroxylation sites is 1. The molecule has 0 aliphatic heterocycles. The molecule has 0 aromatic heterocycles. The number of hydrogen-bond donors (Lipinski definition) is 0. The molecule has 0 atom stereocenters. The van der Waals surface area contributed by atoms with Gasteiger partial charge in [-0.1, -0.05) is 18.2 Å². The molecule has 0 N–H and O–H groups in total. The molecule has 6 nitrogen and oxygen atoms in total. The van der Waals surface area contributed by atoms with Crippen molar-refractivity contribution in [1.29, 1.82) is 0 Å². The summed E-state index contributed by atoms with van der Waals surface area (Å²) in [7, 11) is -2.13. The molecule has 0 bridgehead atoms. The summed E-state index contributed by atoms with van der Waals surface area (Å²) < 4.78 is 32.2. The third-order valence-corrected chi connectivity index (χ3v) is 6.15. The maximum Gasteiger partial charge on any atom is 0.253 e. The number of nitrogens with zero attached hydrogens (tertiary/aromatic N) is 2. The Morgan fingerprint density at radius 1 is 0.963 bits per heavy atom. The van der Waals surface area contributed by atoms with Crippen LogP contribution in [0.5, 0.6) is 5.75 Å². The fourth-order valence-corrected chi connectivity index (χ4v) is 3.73. The minimum absolute atomic E-state index is 0.103. The van der Waals surface area contributed by atoms with Crippen LogP contribution in [0.4, 0.5) is 0 Å². The molecule has 0 saturated carbocycles. The first-order valence-electron chi connectivity index (χ1n) is 8.93. The first-order valence-corrected chi connectivity index (χ1v) is 10.4. The van der Waals surface area contributed by atoms with E-state index < -0.39 is 10.0 Å². The Balaban J connectivity index is 2.01. The van der Waals surface area contributed by atoms with E-state index in [4.69, 9.17) is 4.74 Å². The molecule has 0 spiro atoms. The largest absolute Gasteiger partial charge is 0.492 e. The molecule has 0 aliphatic rings. The van der Waals surface area contributed by atoms with Gasteiger partial charge in [-0.25, -0.2) is 8.42 Å². The van der Waals surface area contributed by atoms with E-state index in [2.05, 4.69) is 0 Å². The van der Waals surface area contributed by atoms with Crippen molar-refractivity contribution in [1.82, 2.24) is 9.21 Å². The van der Waals surface area contributed by atoms with Gasteiger partial charge in [0.1, 0.15) is 12.4 Å². The Kier molecular flexibility index (Phi) is 7.38. The van der Waals surface area contributed by atoms with Gasteiger partial charge < -0.3 is 9.64 Å². The Morgan fingerprint density at radius 3 is 2.11 bits per heavy atom. The molecule has 2 aromatic rings. The Bertz CT molecular complexity index is 832. The molecule has 0 unspecified atom stereocenters. The van der Waals surface area contributed by atoms with Gasteiger partial charge in [0, 0.05) is 32.2 Å². The van der Waals surface area contributed by atoms with E-state index in [-0.39, 0.29) is 24.0 Å². The van der Waals surface area contributed by atoms with E-state index in [1.807, 2.05) is 44.2 Å². The van der Waals surface area contributed by atoms with Crippen LogP contribution < -0.4 is 4.74 Å². The van der Waals surface area contributed by atoms with E-state index >= 15 is 0 Å². The third kappa shape index (κ3) is 5.30. The lowest BCUT2D eigenvalue weighted by Crippen LogP contribution is -2.31. The van der Waals surface area contributed by atoms with Crippen molar-refractivity contribution in [2.75, 3.05) is 33.3 Å². The molecule has 2 aromatic carbocycles. The van der Waals surface area contributed by atoms with E-state index in [9.17, 15) is 13.2 Å². The van der Waals surface area contributed by atoms with Crippen LogP contribution in [0.1, 0.15) is 24.2 Å². The fraction of sp³-hybridized carbons (Fsp3) is 0.350. The Hall–Kier alpha value is -2.38. The van der Waals surface area contributed by atoms with E-state index in [1.165, 1.54) is 23.5 Å². The van der Waals surface area contributed by atoms with Crippen molar-refractivity contribution in [2.24, 2.45) is 0 Å². The first-order chi connectivity index (χ1) is 12.9. The van der Waals surface area contributed by atoms with Crippen LogP contribution in [0, 0.1) is 0 Å². The lowest BCUT2D eigenvalue weighted by atomic mass is 10.2. The van der Waals surface area contributed by atoms with E-state index in [1.54, 1.807) is 17.0 Å². The maximum atomic E-state index is 12.7. The lowest BCUT2D eigenvalue weighted by molar-refractivity contribution is 0.0773. The summed E-state index contributed by atoms with van der Waals surface area (Å²) in [6, 6.07) is 15.3. The summed E-state index contributed by atoms with van der Waals surface area (Å²) >= 11 is 0. The van der Waals surface area contributed by atoms with Crippen molar-refractivity contribution < 1.29 is 17.9 Å². The number of rotatable bonds is 9. The Morgan fingerprint density at radius 2 is 1.56 bits per heavy atom. The highest BCUT2D eigenvalue weighted by atomic mass is 32.2. The van der Waals surface area contributed by atoms with E-state index in [0.29, 0.717) is 24.4 Å². The van der Waals surface area contributed by atoms with Crippen LogP contribution in [-0.4, -0.2) is 56.8 Å². The van der Waals surface area contributed by atoms with Gasteiger partial charge in [-0.15, -0.1) is 0 Å². The number of hydrogen-bond acceptors (Lipinski definition) is 4. The second-order valence-electron chi connectivity index (χ2n) is 5.99. The molecule has 0 radical (unpaired) electrons. The Labute approximate surface area is 161 Å². The van der Waals surface area contributed by atoms with Crippen LogP contribution >= 0.6 is 0 Å². The van der Waals surface area contributed by atoms with Crippen LogP contribution in [-0.2, 0) is 10.0 Å². The molecule has 0 saturated heterocycles. The van der Waals surface area contributed by atoms with Crippen molar-refractivity contribution in [3.8, 4) is 5.75 Å². The minimum Gasteiger partial charge on any atom is -0.492 e. The topological polar surface area (TPSA) is 66.9 Å². The van der Waals surface area contributed by atoms with Crippen LogP contribution in [0.3, 0.4) is 0 Å². The van der Waals surface area contributed by atoms with Crippen LogP contribution in [0.15, 0.2) is 59.5 Å². The van der Waals surface area contributed by atoms with Gasteiger partial charge in [0.25, 0.3) is 5.91 Å². The summed E-state index contributed by atoms with van der Waals surface area (Å²) in [5, 5.41) is 0. The highest BCUT2D eigenvalue weighted by molar-refractivity contribution is 7.89. The number of carbonyl (C=O) groups excluding carboxylic acids is 1. The van der Waals surface area contributed by atoms with Gasteiger partial charge >= 0.3 is 0 Å². The normalized spacial score (nSPS) is 11.4. The average Bonchev–Trinajstić information content (AvgIpc) is 2.69. The molecular weight excluding hydrogens is 364 g/mol. The summed E-state index contributed by atoms with van der Waals surface area (Å²) in [5.41, 5.74) is 0.479. The molecule has 1 amide bonds. The number of carbonyl (C=O) groups is 1. The highest BCUT2D eigenvalue weighted by Gasteiger charge is 2.21. The summed E-state index contributed by atoms with van der Waals surface area (Å²) in [4.78, 5) is 14.2. The predicted molar refractivity (Wildman–Crippen MR) is 105 cm³/mol. The third-order valence-electron chi connectivity index (χ3n) is 4.28. The van der Waals surface area contributed by atoms with Crippen molar-refractivity contribution in [3.05, 3.63) is 60.2 Å². The van der Waals surface area contributed by atoms with Crippen molar-refractivity contribution >= 4 is 15.9 Å². The maximum absolute atomic E-state index is 12.7. The summed E-state index contributed by atoms with van der Waals surface area (Å²) in [6.45, 7) is 5.51. The summed E-state index contributed by atoms with van der Waals surface area (Å²) in [5.74, 6) is 0.594. The van der Waals surface area contributed by atoms with Gasteiger partial charge in [0.05, 0.1) is 4.90 Å². The predicted octanol–water partition coefficient (Wildman–Crippen LogP) is 2.87. The summed E-state index contributed by atoms with van der Waals surface area (Å²) in [6.07, 6.45) is 0. The second kappa shape index (κ2) is 9.53. The molecular formula is C20H26N2O4S. The van der Waals surface area contributed by atoms with Gasteiger partial charge in [-0.05, 0) is 50.2 Å². The molecule has 0 aliphatic carbocycles. The number of ether oxygens (including phenoxy) is 1. The number of sulfonamides is 1. The van der Waals surface area contributed by atoms with Gasteiger partial charge in [-0.2, -0.15) is 4.31 Å². The smallest absolute Gasteiger partial charge is 0.253 e. The van der Waals surface area contributed by atoms with E-state index in [0.717, 1.165) is 0 Å². The highest BCUT2D eigenvalue weighted by Crippen LogP contribution is 2.16. The van der Waals surface area contributed by atoms with Gasteiger partial charge in [0.2, 0.25) is 10.0 Å². The number of likely N-dealkylation sites (N-methyl/N-ethyl adjacent to an activating group) is 1. The monoisotopic (exact) mass is 390 g/mol. The van der Waals surface area contributed by atoms with Crippen LogP contribution in [0.2, 0.25) is 0 Å².